The van der Waals surface area contributed by atoms with Gasteiger partial charge in [-0.2, -0.15) is 9.78 Å². The first-order valence-corrected chi connectivity index (χ1v) is 12.5. The highest BCUT2D eigenvalue weighted by Gasteiger charge is 2.22. The van der Waals surface area contributed by atoms with E-state index < -0.39 is 4.92 Å². The van der Waals surface area contributed by atoms with Gasteiger partial charge in [0.1, 0.15) is 12.0 Å². The number of hydrogen-bond acceptors (Lipinski definition) is 8. The summed E-state index contributed by atoms with van der Waals surface area (Å²) in [6, 6.07) is 13.2. The van der Waals surface area contributed by atoms with E-state index in [-0.39, 0.29) is 33.8 Å². The SMILES string of the molecule is COc1cc(C=Nn2c(C3CCCCC3)nc3ccccc3c2=O)cc(Cl)c1Oc1ccc([N+](=O)[O-])cn1. The molecule has 0 atom stereocenters. The Hall–Kier alpha value is -4.31. The molecule has 0 bridgehead atoms. The fourth-order valence-corrected chi connectivity index (χ4v) is 4.82. The van der Waals surface area contributed by atoms with Gasteiger partial charge in [-0.3, -0.25) is 14.9 Å². The molecule has 0 amide bonds. The van der Waals surface area contributed by atoms with Crippen molar-refractivity contribution in [2.24, 2.45) is 5.10 Å². The monoisotopic (exact) mass is 533 g/mol. The van der Waals surface area contributed by atoms with Gasteiger partial charge in [-0.15, -0.1) is 0 Å². The molecule has 1 aliphatic rings. The quantitative estimate of drug-likeness (QED) is 0.160. The lowest BCUT2D eigenvalue weighted by Gasteiger charge is -2.22. The fourth-order valence-electron chi connectivity index (χ4n) is 4.56. The first-order chi connectivity index (χ1) is 18.4. The number of hydrogen-bond donors (Lipinski definition) is 0. The van der Waals surface area contributed by atoms with Gasteiger partial charge in [0.25, 0.3) is 11.2 Å². The number of nitrogens with zero attached hydrogens (tertiary/aromatic N) is 5. The lowest BCUT2D eigenvalue weighted by molar-refractivity contribution is -0.385. The Kier molecular flexibility index (Phi) is 7.32. The van der Waals surface area contributed by atoms with Crippen molar-refractivity contribution >= 4 is 34.4 Å². The molecule has 0 aliphatic heterocycles. The molecule has 2 aromatic carbocycles. The third-order valence-corrected chi connectivity index (χ3v) is 6.74. The van der Waals surface area contributed by atoms with Gasteiger partial charge in [0, 0.05) is 18.1 Å². The third kappa shape index (κ3) is 5.21. The summed E-state index contributed by atoms with van der Waals surface area (Å²) in [6.07, 6.45) is 7.91. The predicted molar refractivity (Wildman–Crippen MR) is 144 cm³/mol. The molecule has 1 fully saturated rings. The normalized spacial score (nSPS) is 14.2. The Bertz CT molecular complexity index is 1580. The maximum absolute atomic E-state index is 13.4. The van der Waals surface area contributed by atoms with Crippen molar-refractivity contribution in [1.29, 1.82) is 0 Å². The van der Waals surface area contributed by atoms with Crippen LogP contribution >= 0.6 is 11.6 Å². The average molecular weight is 534 g/mol. The van der Waals surface area contributed by atoms with Crippen LogP contribution in [0.15, 0.2) is 64.6 Å². The van der Waals surface area contributed by atoms with E-state index in [1.54, 1.807) is 18.2 Å². The van der Waals surface area contributed by atoms with Crippen LogP contribution in [-0.4, -0.2) is 32.9 Å². The van der Waals surface area contributed by atoms with E-state index in [0.29, 0.717) is 28.0 Å². The topological polar surface area (TPSA) is 122 Å². The standard InChI is InChI=1S/C27H24ClN5O5/c1-37-23-14-17(13-21(28)25(23)38-24-12-11-19(16-29-24)33(35)36)15-30-32-26(18-7-3-2-4-8-18)31-22-10-6-5-9-20(22)27(32)34/h5-6,9-16,18H,2-4,7-8H2,1H3. The number of rotatable bonds is 7. The molecule has 0 radical (unpaired) electrons. The summed E-state index contributed by atoms with van der Waals surface area (Å²) in [5.74, 6) is 1.42. The second kappa shape index (κ2) is 11.0. The van der Waals surface area contributed by atoms with E-state index in [1.165, 1.54) is 36.6 Å². The molecule has 2 heterocycles. The Morgan fingerprint density at radius 3 is 2.66 bits per heavy atom. The number of aromatic nitrogens is 3. The van der Waals surface area contributed by atoms with Crippen LogP contribution in [-0.2, 0) is 0 Å². The molecule has 194 valence electrons. The van der Waals surface area contributed by atoms with Crippen LogP contribution in [0.1, 0.15) is 49.4 Å². The molecular weight excluding hydrogens is 510 g/mol. The van der Waals surface area contributed by atoms with Crippen LogP contribution in [0.4, 0.5) is 5.69 Å². The zero-order valence-corrected chi connectivity index (χ0v) is 21.3. The number of para-hydroxylation sites is 1. The van der Waals surface area contributed by atoms with E-state index in [0.717, 1.165) is 31.9 Å². The van der Waals surface area contributed by atoms with Crippen molar-refractivity contribution in [1.82, 2.24) is 14.6 Å². The summed E-state index contributed by atoms with van der Waals surface area (Å²) in [7, 11) is 1.46. The molecule has 0 N–H and O–H groups in total. The summed E-state index contributed by atoms with van der Waals surface area (Å²) in [6.45, 7) is 0. The van der Waals surface area contributed by atoms with E-state index in [2.05, 4.69) is 10.1 Å². The largest absolute Gasteiger partial charge is 0.493 e. The molecule has 0 unspecified atom stereocenters. The maximum Gasteiger partial charge on any atom is 0.287 e. The molecule has 11 heteroatoms. The average Bonchev–Trinajstić information content (AvgIpc) is 2.94. The first-order valence-electron chi connectivity index (χ1n) is 12.2. The number of fused-ring (bicyclic) bond motifs is 1. The zero-order chi connectivity index (χ0) is 26.6. The number of nitro groups is 1. The van der Waals surface area contributed by atoms with Gasteiger partial charge in [-0.05, 0) is 42.7 Å². The van der Waals surface area contributed by atoms with E-state index in [9.17, 15) is 14.9 Å². The predicted octanol–water partition coefficient (Wildman–Crippen LogP) is 6.08. The zero-order valence-electron chi connectivity index (χ0n) is 20.5. The molecule has 5 rings (SSSR count). The van der Waals surface area contributed by atoms with Crippen LogP contribution in [0.2, 0.25) is 5.02 Å². The smallest absolute Gasteiger partial charge is 0.287 e. The third-order valence-electron chi connectivity index (χ3n) is 6.46. The number of ether oxygens (including phenoxy) is 2. The van der Waals surface area contributed by atoms with Crippen molar-refractivity contribution in [3.8, 4) is 17.4 Å². The number of halogens is 1. The summed E-state index contributed by atoms with van der Waals surface area (Å²) < 4.78 is 12.6. The molecule has 0 saturated heterocycles. The van der Waals surface area contributed by atoms with Gasteiger partial charge in [-0.25, -0.2) is 9.97 Å². The Labute approximate surface area is 222 Å². The molecule has 4 aromatic rings. The van der Waals surface area contributed by atoms with Crippen LogP contribution in [0, 0.1) is 10.1 Å². The minimum Gasteiger partial charge on any atom is -0.493 e. The Balaban J connectivity index is 1.50. The Morgan fingerprint density at radius 1 is 1.16 bits per heavy atom. The van der Waals surface area contributed by atoms with Gasteiger partial charge >= 0.3 is 0 Å². The molecule has 10 nitrogen and oxygen atoms in total. The maximum atomic E-state index is 13.4. The highest BCUT2D eigenvalue weighted by molar-refractivity contribution is 6.32. The summed E-state index contributed by atoms with van der Waals surface area (Å²) in [4.78, 5) is 32.5. The molecule has 38 heavy (non-hydrogen) atoms. The highest BCUT2D eigenvalue weighted by Crippen LogP contribution is 2.39. The van der Waals surface area contributed by atoms with E-state index >= 15 is 0 Å². The number of methoxy groups -OCH3 is 1. The lowest BCUT2D eigenvalue weighted by Crippen LogP contribution is -2.25. The second-order valence-corrected chi connectivity index (χ2v) is 9.34. The van der Waals surface area contributed by atoms with Crippen molar-refractivity contribution in [3.63, 3.8) is 0 Å². The van der Waals surface area contributed by atoms with Gasteiger partial charge in [-0.1, -0.05) is 43.0 Å². The first kappa shape index (κ1) is 25.3. The van der Waals surface area contributed by atoms with Crippen molar-refractivity contribution in [2.45, 2.75) is 38.0 Å². The van der Waals surface area contributed by atoms with Crippen molar-refractivity contribution in [2.75, 3.05) is 7.11 Å². The van der Waals surface area contributed by atoms with Crippen molar-refractivity contribution < 1.29 is 14.4 Å². The minimum absolute atomic E-state index is 0.114. The minimum atomic E-state index is -0.547. The van der Waals surface area contributed by atoms with Crippen LogP contribution in [0.5, 0.6) is 17.4 Å². The summed E-state index contributed by atoms with van der Waals surface area (Å²) in [5, 5.41) is 16.1. The lowest BCUT2D eigenvalue weighted by atomic mass is 9.88. The van der Waals surface area contributed by atoms with Gasteiger partial charge in [0.15, 0.2) is 11.5 Å². The fraction of sp³-hybridized carbons (Fsp3) is 0.259. The molecule has 1 saturated carbocycles. The van der Waals surface area contributed by atoms with Crippen LogP contribution < -0.4 is 15.0 Å². The molecular formula is C27H24ClN5O5. The molecule has 0 spiro atoms. The van der Waals surface area contributed by atoms with Crippen LogP contribution in [0.25, 0.3) is 10.9 Å². The molecule has 2 aromatic heterocycles. The van der Waals surface area contributed by atoms with Crippen molar-refractivity contribution in [3.05, 3.63) is 91.6 Å². The van der Waals surface area contributed by atoms with Gasteiger partial charge < -0.3 is 9.47 Å². The van der Waals surface area contributed by atoms with Gasteiger partial charge in [0.05, 0.1) is 34.2 Å². The Morgan fingerprint density at radius 2 is 1.95 bits per heavy atom. The van der Waals surface area contributed by atoms with Crippen LogP contribution in [0.3, 0.4) is 0 Å². The number of pyridine rings is 1. The van der Waals surface area contributed by atoms with E-state index in [4.69, 9.17) is 26.1 Å². The highest BCUT2D eigenvalue weighted by atomic mass is 35.5. The molecule has 1 aliphatic carbocycles. The van der Waals surface area contributed by atoms with E-state index in [1.807, 2.05) is 18.2 Å². The second-order valence-electron chi connectivity index (χ2n) is 8.93. The summed E-state index contributed by atoms with van der Waals surface area (Å²) in [5.41, 5.74) is 0.851. The summed E-state index contributed by atoms with van der Waals surface area (Å²) >= 11 is 6.51. The van der Waals surface area contributed by atoms with Gasteiger partial charge in [0.2, 0.25) is 5.88 Å². The number of benzene rings is 2.